The van der Waals surface area contributed by atoms with Crippen LogP contribution in [0.3, 0.4) is 0 Å². The van der Waals surface area contributed by atoms with Crippen LogP contribution in [0.15, 0.2) is 22.7 Å². The first-order valence-electron chi connectivity index (χ1n) is 3.23. The fourth-order valence-corrected chi connectivity index (χ4v) is 1.43. The second kappa shape index (κ2) is 3.71. The molecule has 1 rings (SSSR count). The number of rotatable bonds is 2. The Morgan fingerprint density at radius 3 is 2.64 bits per heavy atom. The lowest BCUT2D eigenvalue weighted by atomic mass is 10.2. The zero-order valence-electron chi connectivity index (χ0n) is 5.97. The van der Waals surface area contributed by atoms with Crippen molar-refractivity contribution < 1.29 is 0 Å². The van der Waals surface area contributed by atoms with Crippen LogP contribution in [-0.4, -0.2) is 0 Å². The van der Waals surface area contributed by atoms with Crippen molar-refractivity contribution in [3.8, 4) is 0 Å². The van der Waals surface area contributed by atoms with Crippen LogP contribution in [0, 0.1) is 0 Å². The fourth-order valence-electron chi connectivity index (χ4n) is 0.901. The van der Waals surface area contributed by atoms with Crippen LogP contribution >= 0.6 is 15.9 Å². The molecule has 0 unspecified atom stereocenters. The number of anilines is 1. The molecule has 0 spiro atoms. The number of nitrogens with two attached hydrogens (primary N) is 2. The van der Waals surface area contributed by atoms with E-state index in [0.29, 0.717) is 6.54 Å². The number of nitrogen functional groups attached to an aromatic ring is 1. The van der Waals surface area contributed by atoms with Crippen molar-refractivity contribution >= 4 is 21.6 Å². The SMILES string of the molecule is NCc1c(Br)cccc1NN. The molecule has 0 amide bonds. The largest absolute Gasteiger partial charge is 0.326 e. The normalized spacial score (nSPS) is 9.73. The van der Waals surface area contributed by atoms with Crippen molar-refractivity contribution in [1.82, 2.24) is 0 Å². The van der Waals surface area contributed by atoms with Gasteiger partial charge in [0.15, 0.2) is 0 Å². The van der Waals surface area contributed by atoms with Gasteiger partial charge in [-0.15, -0.1) is 0 Å². The van der Waals surface area contributed by atoms with Crippen LogP contribution < -0.4 is 17.0 Å². The highest BCUT2D eigenvalue weighted by molar-refractivity contribution is 9.10. The molecule has 0 saturated carbocycles. The van der Waals surface area contributed by atoms with Crippen molar-refractivity contribution in [2.24, 2.45) is 11.6 Å². The summed E-state index contributed by atoms with van der Waals surface area (Å²) in [6, 6.07) is 5.72. The van der Waals surface area contributed by atoms with E-state index >= 15 is 0 Å². The Kier molecular flexibility index (Phi) is 2.87. The standard InChI is InChI=1S/C7H10BrN3/c8-6-2-1-3-7(11-10)5(6)4-9/h1-3,11H,4,9-10H2. The highest BCUT2D eigenvalue weighted by atomic mass is 79.9. The summed E-state index contributed by atoms with van der Waals surface area (Å²) in [5.41, 5.74) is 9.94. The number of hydrogen-bond acceptors (Lipinski definition) is 3. The first-order chi connectivity index (χ1) is 5.29. The number of benzene rings is 1. The van der Waals surface area contributed by atoms with Crippen LogP contribution in [-0.2, 0) is 6.54 Å². The molecule has 11 heavy (non-hydrogen) atoms. The first-order valence-corrected chi connectivity index (χ1v) is 4.03. The van der Waals surface area contributed by atoms with E-state index in [1.807, 2.05) is 18.2 Å². The minimum Gasteiger partial charge on any atom is -0.326 e. The van der Waals surface area contributed by atoms with Gasteiger partial charge in [-0.25, -0.2) is 0 Å². The molecular formula is C7H10BrN3. The second-order valence-electron chi connectivity index (χ2n) is 2.11. The van der Waals surface area contributed by atoms with E-state index in [4.69, 9.17) is 11.6 Å². The third-order valence-electron chi connectivity index (χ3n) is 1.48. The summed E-state index contributed by atoms with van der Waals surface area (Å²) >= 11 is 3.37. The topological polar surface area (TPSA) is 64.1 Å². The average Bonchev–Trinajstić information content (AvgIpc) is 2.04. The number of halogens is 1. The number of hydrazine groups is 1. The maximum absolute atomic E-state index is 5.50. The molecular weight excluding hydrogens is 206 g/mol. The molecule has 1 aromatic rings. The van der Waals surface area contributed by atoms with E-state index in [1.54, 1.807) is 0 Å². The Balaban J connectivity index is 3.13. The summed E-state index contributed by atoms with van der Waals surface area (Å²) in [6.07, 6.45) is 0. The molecule has 0 heterocycles. The van der Waals surface area contributed by atoms with Crippen LogP contribution in [0.25, 0.3) is 0 Å². The lowest BCUT2D eigenvalue weighted by Crippen LogP contribution is -2.11. The molecule has 0 aliphatic carbocycles. The smallest absolute Gasteiger partial charge is 0.0541 e. The van der Waals surface area contributed by atoms with Gasteiger partial charge >= 0.3 is 0 Å². The molecule has 0 saturated heterocycles. The minimum absolute atomic E-state index is 0.473. The molecule has 60 valence electrons. The van der Waals surface area contributed by atoms with E-state index in [-0.39, 0.29) is 0 Å². The summed E-state index contributed by atoms with van der Waals surface area (Å²) in [5.74, 6) is 5.27. The third-order valence-corrected chi connectivity index (χ3v) is 2.22. The zero-order valence-corrected chi connectivity index (χ0v) is 7.56. The van der Waals surface area contributed by atoms with Crippen LogP contribution in [0.2, 0.25) is 0 Å². The number of hydrogen-bond donors (Lipinski definition) is 3. The quantitative estimate of drug-likeness (QED) is 0.514. The molecule has 4 heteroatoms. The van der Waals surface area contributed by atoms with Gasteiger partial charge in [0.25, 0.3) is 0 Å². The molecule has 5 N–H and O–H groups in total. The van der Waals surface area contributed by atoms with E-state index < -0.39 is 0 Å². The molecule has 0 atom stereocenters. The molecule has 0 aromatic heterocycles. The maximum Gasteiger partial charge on any atom is 0.0541 e. The van der Waals surface area contributed by atoms with Crippen LogP contribution in [0.1, 0.15) is 5.56 Å². The van der Waals surface area contributed by atoms with E-state index in [1.165, 1.54) is 0 Å². The fraction of sp³-hybridized carbons (Fsp3) is 0.143. The van der Waals surface area contributed by atoms with Crippen molar-refractivity contribution in [2.45, 2.75) is 6.54 Å². The van der Waals surface area contributed by atoms with Crippen molar-refractivity contribution in [3.63, 3.8) is 0 Å². The molecule has 0 aliphatic rings. The zero-order chi connectivity index (χ0) is 8.27. The van der Waals surface area contributed by atoms with Crippen LogP contribution in [0.4, 0.5) is 5.69 Å². The van der Waals surface area contributed by atoms with Crippen molar-refractivity contribution in [2.75, 3.05) is 5.43 Å². The number of nitrogens with one attached hydrogen (secondary N) is 1. The summed E-state index contributed by atoms with van der Waals surface area (Å²) in [5, 5.41) is 0. The molecule has 3 nitrogen and oxygen atoms in total. The van der Waals surface area contributed by atoms with Gasteiger partial charge in [-0.05, 0) is 12.1 Å². The first kappa shape index (κ1) is 8.52. The Hall–Kier alpha value is -0.580. The molecule has 0 fully saturated rings. The van der Waals surface area contributed by atoms with Gasteiger partial charge in [0.05, 0.1) is 5.69 Å². The van der Waals surface area contributed by atoms with Gasteiger partial charge in [0.2, 0.25) is 0 Å². The van der Waals surface area contributed by atoms with Gasteiger partial charge in [0.1, 0.15) is 0 Å². The van der Waals surface area contributed by atoms with Gasteiger partial charge in [0, 0.05) is 16.6 Å². The van der Waals surface area contributed by atoms with Gasteiger partial charge < -0.3 is 11.2 Å². The van der Waals surface area contributed by atoms with Crippen molar-refractivity contribution in [1.29, 1.82) is 0 Å². The third kappa shape index (κ3) is 1.71. The highest BCUT2D eigenvalue weighted by Gasteiger charge is 2.01. The minimum atomic E-state index is 0.473. The van der Waals surface area contributed by atoms with Crippen LogP contribution in [0.5, 0.6) is 0 Å². The predicted molar refractivity (Wildman–Crippen MR) is 49.8 cm³/mol. The Bertz CT molecular complexity index is 249. The van der Waals surface area contributed by atoms with Gasteiger partial charge in [-0.1, -0.05) is 22.0 Å². The second-order valence-corrected chi connectivity index (χ2v) is 2.97. The molecule has 0 bridgehead atoms. The van der Waals surface area contributed by atoms with E-state index in [2.05, 4.69) is 21.4 Å². The average molecular weight is 216 g/mol. The summed E-state index contributed by atoms with van der Waals surface area (Å²) in [7, 11) is 0. The lowest BCUT2D eigenvalue weighted by Gasteiger charge is -2.07. The summed E-state index contributed by atoms with van der Waals surface area (Å²) in [4.78, 5) is 0. The molecule has 1 aromatic carbocycles. The van der Waals surface area contributed by atoms with Gasteiger partial charge in [-0.3, -0.25) is 5.84 Å². The van der Waals surface area contributed by atoms with Crippen molar-refractivity contribution in [3.05, 3.63) is 28.2 Å². The van der Waals surface area contributed by atoms with Gasteiger partial charge in [-0.2, -0.15) is 0 Å². The van der Waals surface area contributed by atoms with E-state index in [0.717, 1.165) is 15.7 Å². The summed E-state index contributed by atoms with van der Waals surface area (Å²) < 4.78 is 0.982. The molecule has 0 radical (unpaired) electrons. The Morgan fingerprint density at radius 2 is 2.18 bits per heavy atom. The molecule has 0 aliphatic heterocycles. The summed E-state index contributed by atoms with van der Waals surface area (Å²) in [6.45, 7) is 0.473. The van der Waals surface area contributed by atoms with E-state index in [9.17, 15) is 0 Å². The predicted octanol–water partition coefficient (Wildman–Crippen LogP) is 1.19. The Morgan fingerprint density at radius 1 is 1.45 bits per heavy atom. The Labute approximate surface area is 73.9 Å². The lowest BCUT2D eigenvalue weighted by molar-refractivity contribution is 1.06. The maximum atomic E-state index is 5.50. The monoisotopic (exact) mass is 215 g/mol. The highest BCUT2D eigenvalue weighted by Crippen LogP contribution is 2.22.